The van der Waals surface area contributed by atoms with Crippen molar-refractivity contribution in [1.29, 1.82) is 0 Å². The maximum Gasteiger partial charge on any atom is 0.301 e. The Bertz CT molecular complexity index is 768. The van der Waals surface area contributed by atoms with Gasteiger partial charge in [0.2, 0.25) is 0 Å². The highest BCUT2D eigenvalue weighted by Gasteiger charge is 2.38. The summed E-state index contributed by atoms with van der Waals surface area (Å²) in [5.74, 6) is 0.495. The molecule has 0 bridgehead atoms. The number of carbonyl (C=O) groups is 1. The van der Waals surface area contributed by atoms with Gasteiger partial charge in [-0.2, -0.15) is 13.1 Å². The normalized spacial score (nSPS) is 19.7. The second kappa shape index (κ2) is 7.45. The number of carbonyl (C=O) groups excluding carboxylic acids is 1. The first-order valence-electron chi connectivity index (χ1n) is 8.17. The zero-order valence-electron chi connectivity index (χ0n) is 15.2. The lowest BCUT2D eigenvalue weighted by atomic mass is 9.96. The predicted molar refractivity (Wildman–Crippen MR) is 96.2 cm³/mol. The number of hydrogen-bond acceptors (Lipinski definition) is 4. The molecule has 1 aliphatic heterocycles. The topological polar surface area (TPSA) is 79.0 Å². The molecule has 1 aliphatic rings. The lowest BCUT2D eigenvalue weighted by Gasteiger charge is -2.36. The summed E-state index contributed by atoms with van der Waals surface area (Å²) in [5, 5.41) is 0. The Labute approximate surface area is 149 Å². The Morgan fingerprint density at radius 1 is 1.24 bits per heavy atom. The van der Waals surface area contributed by atoms with Crippen molar-refractivity contribution in [3.05, 3.63) is 41.1 Å². The summed E-state index contributed by atoms with van der Waals surface area (Å²) < 4.78 is 33.7. The summed E-state index contributed by atoms with van der Waals surface area (Å²) in [6.07, 6.45) is 0. The molecule has 25 heavy (non-hydrogen) atoms. The second-order valence-corrected chi connectivity index (χ2v) is 7.51. The van der Waals surface area contributed by atoms with Gasteiger partial charge in [0.05, 0.1) is 18.7 Å². The summed E-state index contributed by atoms with van der Waals surface area (Å²) in [5.41, 5.74) is 1.55. The first-order chi connectivity index (χ1) is 11.8. The molecular formula is C17H25N3O4S. The molecule has 1 heterocycles. The maximum absolute atomic E-state index is 13.0. The van der Waals surface area contributed by atoms with E-state index in [2.05, 4.69) is 4.72 Å². The van der Waals surface area contributed by atoms with Crippen LogP contribution in [0.2, 0.25) is 0 Å². The average molecular weight is 367 g/mol. The van der Waals surface area contributed by atoms with E-state index < -0.39 is 16.3 Å². The lowest BCUT2D eigenvalue weighted by molar-refractivity contribution is -0.127. The van der Waals surface area contributed by atoms with Crippen molar-refractivity contribution in [2.24, 2.45) is 0 Å². The third kappa shape index (κ3) is 3.64. The zero-order valence-corrected chi connectivity index (χ0v) is 16.1. The van der Waals surface area contributed by atoms with Gasteiger partial charge < -0.3 is 9.64 Å². The summed E-state index contributed by atoms with van der Waals surface area (Å²) in [4.78, 5) is 14.7. The minimum atomic E-state index is -3.71. The molecule has 7 nitrogen and oxygen atoms in total. The average Bonchev–Trinajstić information content (AvgIpc) is 2.60. The smallest absolute Gasteiger partial charge is 0.301 e. The van der Waals surface area contributed by atoms with Crippen LogP contribution in [0.25, 0.3) is 0 Å². The van der Waals surface area contributed by atoms with Crippen molar-refractivity contribution in [2.75, 3.05) is 27.2 Å². The fourth-order valence-electron chi connectivity index (χ4n) is 2.84. The summed E-state index contributed by atoms with van der Waals surface area (Å²) >= 11 is 0. The molecule has 8 heteroatoms. The second-order valence-electron chi connectivity index (χ2n) is 5.77. The largest absolute Gasteiger partial charge is 0.497 e. The van der Waals surface area contributed by atoms with Crippen LogP contribution in [0.1, 0.15) is 32.4 Å². The predicted octanol–water partition coefficient (Wildman–Crippen LogP) is 1.66. The fourth-order valence-corrected chi connectivity index (χ4v) is 4.00. The Morgan fingerprint density at radius 3 is 2.28 bits per heavy atom. The number of allylic oxidation sites excluding steroid dienone is 1. The van der Waals surface area contributed by atoms with E-state index in [9.17, 15) is 13.2 Å². The quantitative estimate of drug-likeness (QED) is 0.858. The van der Waals surface area contributed by atoms with Crippen LogP contribution in [0.4, 0.5) is 0 Å². The molecule has 138 valence electrons. The molecule has 0 saturated carbocycles. The molecular weight excluding hydrogens is 342 g/mol. The van der Waals surface area contributed by atoms with Crippen LogP contribution in [0, 0.1) is 0 Å². The minimum absolute atomic E-state index is 0.169. The Kier molecular flexibility index (Phi) is 5.74. The highest BCUT2D eigenvalue weighted by molar-refractivity contribution is 7.87. The molecule has 1 N–H and O–H groups in total. The number of nitrogens with zero attached hydrogens (tertiary/aromatic N) is 2. The van der Waals surface area contributed by atoms with Crippen LogP contribution >= 0.6 is 0 Å². The van der Waals surface area contributed by atoms with Gasteiger partial charge >= 0.3 is 10.2 Å². The van der Waals surface area contributed by atoms with Crippen LogP contribution in [0.5, 0.6) is 5.75 Å². The van der Waals surface area contributed by atoms with Gasteiger partial charge in [-0.05, 0) is 38.5 Å². The third-order valence-corrected chi connectivity index (χ3v) is 6.04. The first kappa shape index (κ1) is 19.3. The number of amides is 1. The number of hydrogen-bond donors (Lipinski definition) is 1. The van der Waals surface area contributed by atoms with Crippen LogP contribution in [0.3, 0.4) is 0 Å². The summed E-state index contributed by atoms with van der Waals surface area (Å²) in [6.45, 7) is 6.56. The summed E-state index contributed by atoms with van der Waals surface area (Å²) in [6, 6.07) is 6.29. The number of nitrogens with one attached hydrogen (secondary N) is 1. The lowest BCUT2D eigenvalue weighted by Crippen LogP contribution is -2.48. The Morgan fingerprint density at radius 2 is 1.80 bits per heavy atom. The van der Waals surface area contributed by atoms with Gasteiger partial charge in [0, 0.05) is 25.8 Å². The molecule has 1 aromatic rings. The van der Waals surface area contributed by atoms with Crippen molar-refractivity contribution < 1.29 is 17.9 Å². The van der Waals surface area contributed by atoms with Gasteiger partial charge in [-0.3, -0.25) is 9.10 Å². The molecule has 1 aromatic carbocycles. The van der Waals surface area contributed by atoms with Crippen molar-refractivity contribution in [2.45, 2.75) is 26.8 Å². The van der Waals surface area contributed by atoms with Gasteiger partial charge in [0.25, 0.3) is 5.91 Å². The first-order valence-corrected chi connectivity index (χ1v) is 9.61. The van der Waals surface area contributed by atoms with E-state index >= 15 is 0 Å². The van der Waals surface area contributed by atoms with Crippen LogP contribution in [-0.2, 0) is 15.0 Å². The van der Waals surface area contributed by atoms with Crippen LogP contribution in [-0.4, -0.2) is 50.8 Å². The van der Waals surface area contributed by atoms with E-state index in [0.717, 1.165) is 4.31 Å². The van der Waals surface area contributed by atoms with E-state index in [0.29, 0.717) is 35.7 Å². The maximum atomic E-state index is 13.0. The van der Waals surface area contributed by atoms with Gasteiger partial charge in [-0.15, -0.1) is 0 Å². The number of ether oxygens (including phenoxy) is 1. The number of methoxy groups -OCH3 is 1. The van der Waals surface area contributed by atoms with Crippen molar-refractivity contribution >= 4 is 16.1 Å². The standard InChI is InChI=1S/C17H25N3O4S/c1-6-20(7-2)17(21)15-12(3)19(4)25(22,23)18-16(15)13-8-10-14(24-5)11-9-13/h8-11,16,18H,6-7H2,1-5H3. The Balaban J connectivity index is 2.58. The van der Waals surface area contributed by atoms with E-state index in [1.807, 2.05) is 13.8 Å². The highest BCUT2D eigenvalue weighted by atomic mass is 32.2. The third-order valence-electron chi connectivity index (χ3n) is 4.51. The van der Waals surface area contributed by atoms with E-state index in [4.69, 9.17) is 4.74 Å². The molecule has 0 fully saturated rings. The molecule has 0 saturated heterocycles. The minimum Gasteiger partial charge on any atom is -0.497 e. The van der Waals surface area contributed by atoms with E-state index in [1.54, 1.807) is 43.2 Å². The monoisotopic (exact) mass is 367 g/mol. The molecule has 1 amide bonds. The molecule has 0 aromatic heterocycles. The molecule has 1 atom stereocenters. The van der Waals surface area contributed by atoms with Gasteiger partial charge in [-0.1, -0.05) is 12.1 Å². The molecule has 0 radical (unpaired) electrons. The molecule has 0 spiro atoms. The van der Waals surface area contributed by atoms with Crippen LogP contribution in [0.15, 0.2) is 35.5 Å². The highest BCUT2D eigenvalue weighted by Crippen LogP contribution is 2.33. The summed E-state index contributed by atoms with van der Waals surface area (Å²) in [7, 11) is -0.702. The molecule has 1 unspecified atom stereocenters. The van der Waals surface area contributed by atoms with E-state index in [1.165, 1.54) is 7.05 Å². The SMILES string of the molecule is CCN(CC)C(=O)C1=C(C)N(C)S(=O)(=O)NC1c1ccc(OC)cc1. The number of likely N-dealkylation sites (N-methyl/N-ethyl adjacent to an activating group) is 1. The molecule has 2 rings (SSSR count). The fraction of sp³-hybridized carbons (Fsp3) is 0.471. The molecule has 0 aliphatic carbocycles. The van der Waals surface area contributed by atoms with Crippen molar-refractivity contribution in [3.8, 4) is 5.75 Å². The van der Waals surface area contributed by atoms with Gasteiger partial charge in [-0.25, -0.2) is 0 Å². The van der Waals surface area contributed by atoms with Crippen molar-refractivity contribution in [3.63, 3.8) is 0 Å². The number of rotatable bonds is 5. The van der Waals surface area contributed by atoms with Gasteiger partial charge in [0.15, 0.2) is 0 Å². The van der Waals surface area contributed by atoms with E-state index in [-0.39, 0.29) is 5.91 Å². The number of benzene rings is 1. The Hall–Kier alpha value is -2.06. The van der Waals surface area contributed by atoms with Crippen molar-refractivity contribution in [1.82, 2.24) is 13.9 Å². The van der Waals surface area contributed by atoms with Crippen LogP contribution < -0.4 is 9.46 Å². The zero-order chi connectivity index (χ0) is 18.8. The van der Waals surface area contributed by atoms with Gasteiger partial charge in [0.1, 0.15) is 5.75 Å².